The molecule has 0 aliphatic carbocycles. The Morgan fingerprint density at radius 2 is 2.00 bits per heavy atom. The number of hydrogen-bond donors (Lipinski definition) is 1. The van der Waals surface area contributed by atoms with Gasteiger partial charge in [0.05, 0.1) is 12.8 Å². The largest absolute Gasteiger partial charge is 0.455 e. The molecule has 0 fully saturated rings. The topological polar surface area (TPSA) is 42.4 Å². The van der Waals surface area contributed by atoms with Crippen molar-refractivity contribution in [1.82, 2.24) is 4.98 Å². The first-order chi connectivity index (χ1) is 7.79. The molecule has 0 aliphatic heterocycles. The molecule has 0 aliphatic rings. The molecule has 2 rings (SSSR count). The number of benzene rings is 1. The molecule has 0 radical (unpaired) electrons. The van der Waals surface area contributed by atoms with Crippen LogP contribution in [0.1, 0.15) is 5.56 Å². The molecule has 0 amide bonds. The van der Waals surface area contributed by atoms with E-state index in [1.807, 2.05) is 30.3 Å². The van der Waals surface area contributed by atoms with Gasteiger partial charge in [0, 0.05) is 5.56 Å². The van der Waals surface area contributed by atoms with E-state index < -0.39 is 0 Å². The smallest absolute Gasteiger partial charge is 0.151 e. The van der Waals surface area contributed by atoms with Gasteiger partial charge < -0.3 is 9.84 Å². The summed E-state index contributed by atoms with van der Waals surface area (Å²) >= 11 is 5.72. The monoisotopic (exact) mass is 235 g/mol. The van der Waals surface area contributed by atoms with Gasteiger partial charge in [-0.25, -0.2) is 4.98 Å². The Hall–Kier alpha value is -1.58. The molecular formula is C12H10ClNO2. The SMILES string of the molecule is OCc1cc(Cl)ncc1Oc1ccccc1. The third-order valence-electron chi connectivity index (χ3n) is 2.06. The van der Waals surface area contributed by atoms with E-state index in [9.17, 15) is 0 Å². The van der Waals surface area contributed by atoms with Crippen molar-refractivity contribution in [2.75, 3.05) is 0 Å². The number of hydrogen-bond acceptors (Lipinski definition) is 3. The molecule has 1 heterocycles. The average molecular weight is 236 g/mol. The molecule has 1 aromatic heterocycles. The van der Waals surface area contributed by atoms with Crippen LogP contribution in [0.15, 0.2) is 42.6 Å². The van der Waals surface area contributed by atoms with Gasteiger partial charge in [-0.05, 0) is 18.2 Å². The number of aliphatic hydroxyl groups excluding tert-OH is 1. The molecule has 1 N–H and O–H groups in total. The van der Waals surface area contributed by atoms with E-state index in [2.05, 4.69) is 4.98 Å². The lowest BCUT2D eigenvalue weighted by Crippen LogP contribution is -1.93. The number of para-hydroxylation sites is 1. The van der Waals surface area contributed by atoms with Crippen molar-refractivity contribution < 1.29 is 9.84 Å². The van der Waals surface area contributed by atoms with Crippen LogP contribution in [0, 0.1) is 0 Å². The number of aliphatic hydroxyl groups is 1. The lowest BCUT2D eigenvalue weighted by molar-refractivity contribution is 0.276. The Kier molecular flexibility index (Phi) is 3.39. The summed E-state index contributed by atoms with van der Waals surface area (Å²) in [6.07, 6.45) is 1.50. The second-order valence-corrected chi connectivity index (χ2v) is 3.58. The molecule has 0 unspecified atom stereocenters. The Labute approximate surface area is 98.3 Å². The van der Waals surface area contributed by atoms with E-state index in [1.165, 1.54) is 6.20 Å². The van der Waals surface area contributed by atoms with Crippen LogP contribution in [0.25, 0.3) is 0 Å². The molecule has 82 valence electrons. The first-order valence-electron chi connectivity index (χ1n) is 4.78. The fourth-order valence-corrected chi connectivity index (χ4v) is 1.47. The zero-order valence-electron chi connectivity index (χ0n) is 8.43. The predicted molar refractivity (Wildman–Crippen MR) is 61.7 cm³/mol. The van der Waals surface area contributed by atoms with E-state index in [0.717, 1.165) is 0 Å². The summed E-state index contributed by atoms with van der Waals surface area (Å²) in [5.74, 6) is 1.21. The van der Waals surface area contributed by atoms with Gasteiger partial charge in [-0.1, -0.05) is 29.8 Å². The minimum atomic E-state index is -0.135. The molecule has 0 atom stereocenters. The molecule has 16 heavy (non-hydrogen) atoms. The molecule has 0 saturated carbocycles. The summed E-state index contributed by atoms with van der Waals surface area (Å²) in [5.41, 5.74) is 0.615. The number of pyridine rings is 1. The Morgan fingerprint density at radius 1 is 1.25 bits per heavy atom. The van der Waals surface area contributed by atoms with E-state index in [0.29, 0.717) is 22.2 Å². The van der Waals surface area contributed by atoms with E-state index >= 15 is 0 Å². The fraction of sp³-hybridized carbons (Fsp3) is 0.0833. The molecule has 0 saturated heterocycles. The average Bonchev–Trinajstić information content (AvgIpc) is 2.33. The zero-order valence-corrected chi connectivity index (χ0v) is 9.19. The molecule has 3 nitrogen and oxygen atoms in total. The Bertz CT molecular complexity index is 474. The third-order valence-corrected chi connectivity index (χ3v) is 2.26. The van der Waals surface area contributed by atoms with E-state index in [1.54, 1.807) is 6.07 Å². The number of aromatic nitrogens is 1. The maximum atomic E-state index is 9.15. The summed E-state index contributed by atoms with van der Waals surface area (Å²) in [6.45, 7) is -0.135. The quantitative estimate of drug-likeness (QED) is 0.832. The highest BCUT2D eigenvalue weighted by atomic mass is 35.5. The summed E-state index contributed by atoms with van der Waals surface area (Å²) < 4.78 is 5.57. The molecule has 0 spiro atoms. The lowest BCUT2D eigenvalue weighted by atomic mass is 10.2. The second-order valence-electron chi connectivity index (χ2n) is 3.19. The van der Waals surface area contributed by atoms with Crippen LogP contribution in [0.2, 0.25) is 5.15 Å². The third kappa shape index (κ3) is 2.51. The summed E-state index contributed by atoms with van der Waals surface area (Å²) in [5, 5.41) is 9.49. The maximum absolute atomic E-state index is 9.15. The van der Waals surface area contributed by atoms with Crippen molar-refractivity contribution in [1.29, 1.82) is 0 Å². The van der Waals surface area contributed by atoms with E-state index in [-0.39, 0.29) is 6.61 Å². The van der Waals surface area contributed by atoms with Crippen LogP contribution in [0.4, 0.5) is 0 Å². The van der Waals surface area contributed by atoms with Crippen LogP contribution in [-0.2, 0) is 6.61 Å². The van der Waals surface area contributed by atoms with Crippen LogP contribution in [0.3, 0.4) is 0 Å². The van der Waals surface area contributed by atoms with Gasteiger partial charge in [0.2, 0.25) is 0 Å². The van der Waals surface area contributed by atoms with Crippen molar-refractivity contribution in [2.45, 2.75) is 6.61 Å². The minimum Gasteiger partial charge on any atom is -0.455 e. The van der Waals surface area contributed by atoms with Crippen LogP contribution in [0.5, 0.6) is 11.5 Å². The number of halogens is 1. The highest BCUT2D eigenvalue weighted by Gasteiger charge is 2.05. The van der Waals surface area contributed by atoms with Crippen molar-refractivity contribution >= 4 is 11.6 Å². The van der Waals surface area contributed by atoms with Crippen LogP contribution < -0.4 is 4.74 Å². The minimum absolute atomic E-state index is 0.135. The van der Waals surface area contributed by atoms with Gasteiger partial charge in [-0.15, -0.1) is 0 Å². The molecule has 4 heteroatoms. The molecule has 0 bridgehead atoms. The van der Waals surface area contributed by atoms with Gasteiger partial charge in [-0.3, -0.25) is 0 Å². The fourth-order valence-electron chi connectivity index (χ4n) is 1.29. The van der Waals surface area contributed by atoms with Gasteiger partial charge >= 0.3 is 0 Å². The van der Waals surface area contributed by atoms with Crippen molar-refractivity contribution in [2.24, 2.45) is 0 Å². The number of rotatable bonds is 3. The lowest BCUT2D eigenvalue weighted by Gasteiger charge is -2.08. The summed E-state index contributed by atoms with van der Waals surface area (Å²) in [7, 11) is 0. The normalized spacial score (nSPS) is 10.1. The van der Waals surface area contributed by atoms with Crippen LogP contribution in [-0.4, -0.2) is 10.1 Å². The molecule has 1 aromatic carbocycles. The number of ether oxygens (including phenoxy) is 1. The maximum Gasteiger partial charge on any atom is 0.151 e. The highest BCUT2D eigenvalue weighted by molar-refractivity contribution is 6.29. The predicted octanol–water partition coefficient (Wildman–Crippen LogP) is 3.02. The Morgan fingerprint density at radius 3 is 2.69 bits per heavy atom. The van der Waals surface area contributed by atoms with Crippen molar-refractivity contribution in [3.8, 4) is 11.5 Å². The van der Waals surface area contributed by atoms with Gasteiger partial charge in [0.15, 0.2) is 5.75 Å². The summed E-state index contributed by atoms with van der Waals surface area (Å²) in [6, 6.07) is 10.9. The number of nitrogens with zero attached hydrogens (tertiary/aromatic N) is 1. The van der Waals surface area contributed by atoms with Crippen molar-refractivity contribution in [3.05, 3.63) is 53.3 Å². The standard InChI is InChI=1S/C12H10ClNO2/c13-12-6-9(8-15)11(7-14-12)16-10-4-2-1-3-5-10/h1-7,15H,8H2. The van der Waals surface area contributed by atoms with Gasteiger partial charge in [-0.2, -0.15) is 0 Å². The second kappa shape index (κ2) is 4.96. The zero-order chi connectivity index (χ0) is 11.4. The van der Waals surface area contributed by atoms with Crippen LogP contribution >= 0.6 is 11.6 Å². The molecular weight excluding hydrogens is 226 g/mol. The summed E-state index contributed by atoms with van der Waals surface area (Å²) in [4.78, 5) is 3.91. The Balaban J connectivity index is 2.28. The van der Waals surface area contributed by atoms with E-state index in [4.69, 9.17) is 21.4 Å². The molecule has 2 aromatic rings. The first-order valence-corrected chi connectivity index (χ1v) is 5.15. The highest BCUT2D eigenvalue weighted by Crippen LogP contribution is 2.25. The van der Waals surface area contributed by atoms with Crippen molar-refractivity contribution in [3.63, 3.8) is 0 Å². The first kappa shape index (κ1) is 10.9. The van der Waals surface area contributed by atoms with Gasteiger partial charge in [0.1, 0.15) is 10.9 Å². The van der Waals surface area contributed by atoms with Gasteiger partial charge in [0.25, 0.3) is 0 Å².